The van der Waals surface area contributed by atoms with Gasteiger partial charge in [-0.05, 0) is 49.4 Å². The molecule has 1 N–H and O–H groups in total. The Balaban J connectivity index is 1.72. The first kappa shape index (κ1) is 23.6. The number of hydrogen-bond acceptors (Lipinski definition) is 4. The summed E-state index contributed by atoms with van der Waals surface area (Å²) in [6.45, 7) is 3.97. The van der Waals surface area contributed by atoms with E-state index < -0.39 is 12.0 Å². The van der Waals surface area contributed by atoms with Crippen LogP contribution in [0.2, 0.25) is 0 Å². The number of aliphatic carboxylic acids is 1. The van der Waals surface area contributed by atoms with E-state index in [9.17, 15) is 9.59 Å². The van der Waals surface area contributed by atoms with Gasteiger partial charge in [-0.1, -0.05) is 51.2 Å². The van der Waals surface area contributed by atoms with E-state index in [-0.39, 0.29) is 18.8 Å². The highest BCUT2D eigenvalue weighted by molar-refractivity contribution is 5.83. The lowest BCUT2D eigenvalue weighted by Crippen LogP contribution is -2.23. The number of hydrogen-bond donors (Lipinski definition) is 1. The summed E-state index contributed by atoms with van der Waals surface area (Å²) in [7, 11) is 0. The Morgan fingerprint density at radius 3 is 2.43 bits per heavy atom. The summed E-state index contributed by atoms with van der Waals surface area (Å²) in [5.41, 5.74) is 2.10. The van der Waals surface area contributed by atoms with Crippen molar-refractivity contribution in [2.75, 3.05) is 6.61 Å². The molecule has 1 aromatic heterocycles. The lowest BCUT2D eigenvalue weighted by Gasteiger charge is -2.12. The zero-order valence-electron chi connectivity index (χ0n) is 18.2. The van der Waals surface area contributed by atoms with Crippen molar-refractivity contribution in [1.82, 2.24) is 9.78 Å². The number of rotatable bonds is 15. The molecule has 0 saturated heterocycles. The van der Waals surface area contributed by atoms with Crippen LogP contribution < -0.4 is 4.74 Å². The minimum absolute atomic E-state index is 0.0255. The van der Waals surface area contributed by atoms with Gasteiger partial charge in [-0.2, -0.15) is 5.10 Å². The number of ketones is 1. The molecule has 1 heterocycles. The van der Waals surface area contributed by atoms with Crippen LogP contribution in [0.4, 0.5) is 0 Å². The molecule has 0 bridgehead atoms. The molecule has 0 amide bonds. The average molecular weight is 415 g/mol. The fourth-order valence-corrected chi connectivity index (χ4v) is 3.25. The van der Waals surface area contributed by atoms with Crippen LogP contribution in [0.3, 0.4) is 0 Å². The minimum Gasteiger partial charge on any atom is -0.486 e. The van der Waals surface area contributed by atoms with Crippen LogP contribution in [-0.4, -0.2) is 33.2 Å². The second kappa shape index (κ2) is 12.8. The van der Waals surface area contributed by atoms with Crippen LogP contribution >= 0.6 is 0 Å². The maximum Gasteiger partial charge on any atom is 0.303 e. The van der Waals surface area contributed by atoms with Crippen molar-refractivity contribution in [2.24, 2.45) is 0 Å². The van der Waals surface area contributed by atoms with Crippen LogP contribution in [0.1, 0.15) is 76.0 Å². The van der Waals surface area contributed by atoms with Gasteiger partial charge in [-0.3, -0.25) is 14.3 Å². The zero-order chi connectivity index (χ0) is 21.8. The van der Waals surface area contributed by atoms with E-state index in [4.69, 9.17) is 9.84 Å². The van der Waals surface area contributed by atoms with Crippen molar-refractivity contribution in [1.29, 1.82) is 0 Å². The fourth-order valence-electron chi connectivity index (χ4n) is 3.25. The van der Waals surface area contributed by atoms with Crippen molar-refractivity contribution in [2.45, 2.75) is 77.7 Å². The van der Waals surface area contributed by atoms with Crippen molar-refractivity contribution in [3.63, 3.8) is 0 Å². The first-order valence-electron chi connectivity index (χ1n) is 11.0. The molecule has 164 valence electrons. The summed E-state index contributed by atoms with van der Waals surface area (Å²) < 4.78 is 7.21. The Morgan fingerprint density at radius 2 is 1.73 bits per heavy atom. The maximum absolute atomic E-state index is 12.4. The Labute approximate surface area is 179 Å². The van der Waals surface area contributed by atoms with Crippen LogP contribution in [0.25, 0.3) is 0 Å². The highest BCUT2D eigenvalue weighted by Crippen LogP contribution is 2.16. The number of benzene rings is 1. The number of nitrogens with zero attached hydrogens (tertiary/aromatic N) is 2. The van der Waals surface area contributed by atoms with E-state index in [1.165, 1.54) is 44.1 Å². The molecule has 0 radical (unpaired) electrons. The van der Waals surface area contributed by atoms with Gasteiger partial charge in [0, 0.05) is 12.6 Å². The third kappa shape index (κ3) is 8.39. The van der Waals surface area contributed by atoms with Crippen LogP contribution in [0.5, 0.6) is 5.75 Å². The van der Waals surface area contributed by atoms with Crippen molar-refractivity contribution < 1.29 is 19.4 Å². The Kier molecular flexibility index (Phi) is 10.1. The van der Waals surface area contributed by atoms with Crippen LogP contribution in [-0.2, 0) is 22.4 Å². The number of aromatic nitrogens is 2. The van der Waals surface area contributed by atoms with Crippen molar-refractivity contribution >= 4 is 11.8 Å². The molecule has 0 aliphatic rings. The number of carbonyl (C=O) groups is 2. The summed E-state index contributed by atoms with van der Waals surface area (Å²) >= 11 is 0. The Morgan fingerprint density at radius 1 is 1.03 bits per heavy atom. The van der Waals surface area contributed by atoms with Gasteiger partial charge in [0.05, 0.1) is 6.20 Å². The third-order valence-corrected chi connectivity index (χ3v) is 5.27. The predicted octanol–water partition coefficient (Wildman–Crippen LogP) is 5.01. The molecule has 1 unspecified atom stereocenters. The standard InChI is InChI=1S/C24H34N2O4/c1-3-4-5-6-7-8-9-20-10-13-22(14-11-20)30-18-23(27)19(2)26-17-21(16-25-26)12-15-24(28)29/h10-11,13-14,16-17,19H,3-9,12,15,18H2,1-2H3,(H,28,29). The fraction of sp³-hybridized carbons (Fsp3) is 0.542. The van der Waals surface area contributed by atoms with E-state index in [2.05, 4.69) is 24.2 Å². The number of ether oxygens (including phenoxy) is 1. The van der Waals surface area contributed by atoms with Gasteiger partial charge in [0.2, 0.25) is 0 Å². The summed E-state index contributed by atoms with van der Waals surface area (Å²) in [4.78, 5) is 23.1. The van der Waals surface area contributed by atoms with Gasteiger partial charge in [-0.25, -0.2) is 0 Å². The summed E-state index contributed by atoms with van der Waals surface area (Å²) in [6, 6.07) is 7.51. The first-order valence-corrected chi connectivity index (χ1v) is 11.0. The molecule has 0 aliphatic carbocycles. The largest absolute Gasteiger partial charge is 0.486 e. The first-order chi connectivity index (χ1) is 14.5. The van der Waals surface area contributed by atoms with Crippen molar-refractivity contribution in [3.8, 4) is 5.75 Å². The smallest absolute Gasteiger partial charge is 0.303 e. The van der Waals surface area contributed by atoms with Crippen LogP contribution in [0.15, 0.2) is 36.7 Å². The normalized spacial score (nSPS) is 11.9. The van der Waals surface area contributed by atoms with Gasteiger partial charge in [-0.15, -0.1) is 0 Å². The Hall–Kier alpha value is -2.63. The highest BCUT2D eigenvalue weighted by atomic mass is 16.5. The molecular formula is C24H34N2O4. The number of carboxylic acid groups (broad SMARTS) is 1. The predicted molar refractivity (Wildman–Crippen MR) is 117 cm³/mol. The number of carbonyl (C=O) groups excluding carboxylic acids is 1. The molecule has 0 saturated carbocycles. The molecule has 2 aromatic rings. The number of aryl methyl sites for hydroxylation is 2. The summed E-state index contributed by atoms with van der Waals surface area (Å²) in [6.07, 6.45) is 12.6. The van der Waals surface area contributed by atoms with E-state index in [0.717, 1.165) is 12.0 Å². The van der Waals surface area contributed by atoms with Gasteiger partial charge in [0.1, 0.15) is 18.4 Å². The number of carboxylic acids is 1. The molecule has 0 fully saturated rings. The number of unbranched alkanes of at least 4 members (excludes halogenated alkanes) is 5. The zero-order valence-corrected chi connectivity index (χ0v) is 18.2. The molecule has 1 aromatic carbocycles. The second-order valence-corrected chi connectivity index (χ2v) is 7.82. The summed E-state index contributed by atoms with van der Waals surface area (Å²) in [5.74, 6) is -0.248. The monoisotopic (exact) mass is 414 g/mol. The van der Waals surface area contributed by atoms with Crippen molar-refractivity contribution in [3.05, 3.63) is 47.8 Å². The molecule has 0 spiro atoms. The molecule has 0 aliphatic heterocycles. The molecule has 6 heteroatoms. The average Bonchev–Trinajstić information content (AvgIpc) is 3.22. The molecule has 1 atom stereocenters. The molecule has 30 heavy (non-hydrogen) atoms. The lowest BCUT2D eigenvalue weighted by molar-refractivity contribution is -0.137. The van der Waals surface area contributed by atoms with Gasteiger partial charge >= 0.3 is 5.97 Å². The summed E-state index contributed by atoms with van der Waals surface area (Å²) in [5, 5.41) is 12.9. The van der Waals surface area contributed by atoms with E-state index >= 15 is 0 Å². The quantitative estimate of drug-likeness (QED) is 0.414. The lowest BCUT2D eigenvalue weighted by atomic mass is 10.0. The van der Waals surface area contributed by atoms with Gasteiger partial charge in [0.25, 0.3) is 0 Å². The topological polar surface area (TPSA) is 81.4 Å². The van der Waals surface area contributed by atoms with Gasteiger partial charge < -0.3 is 9.84 Å². The maximum atomic E-state index is 12.4. The minimum atomic E-state index is -0.849. The second-order valence-electron chi connectivity index (χ2n) is 7.82. The third-order valence-electron chi connectivity index (χ3n) is 5.27. The van der Waals surface area contributed by atoms with E-state index in [0.29, 0.717) is 12.2 Å². The Bertz CT molecular complexity index is 783. The molecular weight excluding hydrogens is 380 g/mol. The van der Waals surface area contributed by atoms with Crippen LogP contribution in [0, 0.1) is 0 Å². The van der Waals surface area contributed by atoms with E-state index in [1.54, 1.807) is 24.0 Å². The van der Waals surface area contributed by atoms with Gasteiger partial charge in [0.15, 0.2) is 5.78 Å². The molecule has 6 nitrogen and oxygen atoms in total. The SMILES string of the molecule is CCCCCCCCc1ccc(OCC(=O)C(C)n2cc(CCC(=O)O)cn2)cc1. The number of Topliss-reactive ketones (excluding diaryl/α,β-unsaturated/α-hetero) is 1. The van der Waals surface area contributed by atoms with E-state index in [1.807, 2.05) is 12.1 Å². The molecule has 2 rings (SSSR count). The highest BCUT2D eigenvalue weighted by Gasteiger charge is 2.17.